The van der Waals surface area contributed by atoms with E-state index >= 15 is 0 Å². The smallest absolute Gasteiger partial charge is 0.223 e. The number of hydrogen-bond acceptors (Lipinski definition) is 2. The van der Waals surface area contributed by atoms with Crippen molar-refractivity contribution < 1.29 is 9.90 Å². The Morgan fingerprint density at radius 1 is 1.35 bits per heavy atom. The summed E-state index contributed by atoms with van der Waals surface area (Å²) < 4.78 is 0. The van der Waals surface area contributed by atoms with Crippen molar-refractivity contribution >= 4 is 5.91 Å². The second-order valence-corrected chi connectivity index (χ2v) is 5.64. The number of aliphatic hydroxyl groups is 1. The summed E-state index contributed by atoms with van der Waals surface area (Å²) >= 11 is 0. The van der Waals surface area contributed by atoms with Crippen LogP contribution < -0.4 is 5.32 Å². The Hall–Kier alpha value is -0.570. The van der Waals surface area contributed by atoms with E-state index in [4.69, 9.17) is 0 Å². The number of carbonyl (C=O) groups excluding carboxylic acids is 1. The molecule has 0 aromatic heterocycles. The van der Waals surface area contributed by atoms with Crippen LogP contribution in [0.3, 0.4) is 0 Å². The van der Waals surface area contributed by atoms with Crippen molar-refractivity contribution in [2.24, 2.45) is 11.8 Å². The predicted octanol–water partition coefficient (Wildman–Crippen LogP) is 2.48. The SMILES string of the molecule is CCC(CC)C(=O)NCC1(O)CCC(C)CC1. The maximum absolute atomic E-state index is 11.8. The highest BCUT2D eigenvalue weighted by atomic mass is 16.3. The van der Waals surface area contributed by atoms with Gasteiger partial charge in [-0.05, 0) is 44.4 Å². The highest BCUT2D eigenvalue weighted by Crippen LogP contribution is 2.31. The molecular weight excluding hydrogens is 214 g/mol. The zero-order chi connectivity index (χ0) is 12.9. The van der Waals surface area contributed by atoms with Crippen molar-refractivity contribution in [3.63, 3.8) is 0 Å². The Labute approximate surface area is 105 Å². The molecule has 0 aliphatic heterocycles. The van der Waals surface area contributed by atoms with Crippen LogP contribution in [0.4, 0.5) is 0 Å². The van der Waals surface area contributed by atoms with Crippen LogP contribution >= 0.6 is 0 Å². The lowest BCUT2D eigenvalue weighted by atomic mass is 9.79. The van der Waals surface area contributed by atoms with Crippen molar-refractivity contribution in [2.75, 3.05) is 6.54 Å². The van der Waals surface area contributed by atoms with Gasteiger partial charge in [0.05, 0.1) is 5.60 Å². The Morgan fingerprint density at radius 2 is 1.88 bits per heavy atom. The van der Waals surface area contributed by atoms with Crippen LogP contribution in [0.25, 0.3) is 0 Å². The fraction of sp³-hybridized carbons (Fsp3) is 0.929. The quantitative estimate of drug-likeness (QED) is 0.777. The summed E-state index contributed by atoms with van der Waals surface area (Å²) in [6, 6.07) is 0. The first kappa shape index (κ1) is 14.5. The largest absolute Gasteiger partial charge is 0.388 e. The van der Waals surface area contributed by atoms with Gasteiger partial charge < -0.3 is 10.4 Å². The third-order valence-electron chi connectivity index (χ3n) is 4.15. The molecule has 0 unspecified atom stereocenters. The molecule has 0 radical (unpaired) electrons. The van der Waals surface area contributed by atoms with E-state index in [1.807, 2.05) is 13.8 Å². The number of amides is 1. The third-order valence-corrected chi connectivity index (χ3v) is 4.15. The number of nitrogens with one attached hydrogen (secondary N) is 1. The van der Waals surface area contributed by atoms with E-state index in [2.05, 4.69) is 12.2 Å². The summed E-state index contributed by atoms with van der Waals surface area (Å²) in [5, 5.41) is 13.3. The Balaban J connectivity index is 2.36. The molecule has 2 N–H and O–H groups in total. The van der Waals surface area contributed by atoms with Crippen molar-refractivity contribution in [1.29, 1.82) is 0 Å². The van der Waals surface area contributed by atoms with Crippen LogP contribution in [0.5, 0.6) is 0 Å². The van der Waals surface area contributed by atoms with Crippen LogP contribution in [0.2, 0.25) is 0 Å². The van der Waals surface area contributed by atoms with E-state index in [-0.39, 0.29) is 11.8 Å². The van der Waals surface area contributed by atoms with Gasteiger partial charge in [-0.2, -0.15) is 0 Å². The molecule has 1 saturated carbocycles. The normalized spacial score (nSPS) is 29.4. The first-order chi connectivity index (χ1) is 8.00. The molecule has 1 rings (SSSR count). The number of rotatable bonds is 5. The van der Waals surface area contributed by atoms with Crippen molar-refractivity contribution in [3.05, 3.63) is 0 Å². The van der Waals surface area contributed by atoms with E-state index < -0.39 is 5.60 Å². The molecule has 0 aromatic carbocycles. The topological polar surface area (TPSA) is 49.3 Å². The summed E-state index contributed by atoms with van der Waals surface area (Å²) in [6.45, 7) is 6.72. The van der Waals surface area contributed by atoms with Crippen molar-refractivity contribution in [2.45, 2.75) is 64.9 Å². The molecule has 1 amide bonds. The van der Waals surface area contributed by atoms with Crippen molar-refractivity contribution in [3.8, 4) is 0 Å². The molecule has 1 aliphatic carbocycles. The first-order valence-electron chi connectivity index (χ1n) is 7.01. The molecule has 17 heavy (non-hydrogen) atoms. The van der Waals surface area contributed by atoms with Crippen LogP contribution in [-0.2, 0) is 4.79 Å². The molecule has 1 aliphatic rings. The molecule has 3 heteroatoms. The highest BCUT2D eigenvalue weighted by Gasteiger charge is 2.32. The van der Waals surface area contributed by atoms with Crippen molar-refractivity contribution in [1.82, 2.24) is 5.32 Å². The van der Waals surface area contributed by atoms with Gasteiger partial charge in [-0.1, -0.05) is 20.8 Å². The van der Waals surface area contributed by atoms with Gasteiger partial charge in [0.2, 0.25) is 5.91 Å². The number of hydrogen-bond donors (Lipinski definition) is 2. The molecular formula is C14H27NO2. The van der Waals surface area contributed by atoms with E-state index in [9.17, 15) is 9.90 Å². The monoisotopic (exact) mass is 241 g/mol. The second kappa shape index (κ2) is 6.39. The molecule has 0 saturated heterocycles. The molecule has 0 atom stereocenters. The van der Waals surface area contributed by atoms with E-state index in [1.54, 1.807) is 0 Å². The second-order valence-electron chi connectivity index (χ2n) is 5.64. The third kappa shape index (κ3) is 4.30. The Kier molecular flexibility index (Phi) is 5.44. The fourth-order valence-electron chi connectivity index (χ4n) is 2.53. The number of carbonyl (C=O) groups is 1. The summed E-state index contributed by atoms with van der Waals surface area (Å²) in [5.74, 6) is 0.910. The van der Waals surface area contributed by atoms with E-state index in [0.717, 1.165) is 38.5 Å². The lowest BCUT2D eigenvalue weighted by Gasteiger charge is -2.35. The minimum Gasteiger partial charge on any atom is -0.388 e. The minimum absolute atomic E-state index is 0.0983. The van der Waals surface area contributed by atoms with Gasteiger partial charge in [-0.15, -0.1) is 0 Å². The maximum Gasteiger partial charge on any atom is 0.223 e. The van der Waals surface area contributed by atoms with Gasteiger partial charge in [0, 0.05) is 12.5 Å². The first-order valence-corrected chi connectivity index (χ1v) is 7.01. The van der Waals surface area contributed by atoms with Gasteiger partial charge in [-0.25, -0.2) is 0 Å². The summed E-state index contributed by atoms with van der Waals surface area (Å²) in [5.41, 5.74) is -0.659. The lowest BCUT2D eigenvalue weighted by molar-refractivity contribution is -0.127. The molecule has 0 bridgehead atoms. The summed E-state index contributed by atoms with van der Waals surface area (Å²) in [7, 11) is 0. The minimum atomic E-state index is -0.659. The molecule has 1 fully saturated rings. The zero-order valence-corrected chi connectivity index (χ0v) is 11.5. The summed E-state index contributed by atoms with van der Waals surface area (Å²) in [6.07, 6.45) is 5.51. The standard InChI is InChI=1S/C14H27NO2/c1-4-12(5-2)13(16)15-10-14(17)8-6-11(3)7-9-14/h11-12,17H,4-10H2,1-3H3,(H,15,16). The Morgan fingerprint density at radius 3 is 2.35 bits per heavy atom. The van der Waals surface area contributed by atoms with Gasteiger partial charge in [0.25, 0.3) is 0 Å². The average molecular weight is 241 g/mol. The zero-order valence-electron chi connectivity index (χ0n) is 11.5. The predicted molar refractivity (Wildman–Crippen MR) is 69.7 cm³/mol. The average Bonchev–Trinajstić information content (AvgIpc) is 2.33. The Bertz CT molecular complexity index is 241. The van der Waals surface area contributed by atoms with E-state index in [0.29, 0.717) is 12.5 Å². The van der Waals surface area contributed by atoms with Gasteiger partial charge in [0.15, 0.2) is 0 Å². The van der Waals surface area contributed by atoms with Crippen LogP contribution in [0.15, 0.2) is 0 Å². The molecule has 0 spiro atoms. The molecule has 3 nitrogen and oxygen atoms in total. The van der Waals surface area contributed by atoms with Gasteiger partial charge in [0.1, 0.15) is 0 Å². The van der Waals surface area contributed by atoms with Crippen LogP contribution in [-0.4, -0.2) is 23.2 Å². The van der Waals surface area contributed by atoms with E-state index in [1.165, 1.54) is 0 Å². The van der Waals surface area contributed by atoms with Gasteiger partial charge in [-0.3, -0.25) is 4.79 Å². The maximum atomic E-state index is 11.8. The summed E-state index contributed by atoms with van der Waals surface area (Å²) in [4.78, 5) is 11.8. The molecule has 0 heterocycles. The fourth-order valence-corrected chi connectivity index (χ4v) is 2.53. The highest BCUT2D eigenvalue weighted by molar-refractivity contribution is 5.78. The van der Waals surface area contributed by atoms with Gasteiger partial charge >= 0.3 is 0 Å². The molecule has 100 valence electrons. The van der Waals surface area contributed by atoms with Crippen LogP contribution in [0.1, 0.15) is 59.3 Å². The molecule has 0 aromatic rings. The van der Waals surface area contributed by atoms with Crippen LogP contribution in [0, 0.1) is 11.8 Å². The lowest BCUT2D eigenvalue weighted by Crippen LogP contribution is -2.46.